The fourth-order valence-electron chi connectivity index (χ4n) is 1.75. The smallest absolute Gasteiger partial charge is 0.146 e. The molecule has 0 heterocycles. The van der Waals surface area contributed by atoms with Gasteiger partial charge in [-0.2, -0.15) is 0 Å². The summed E-state index contributed by atoms with van der Waals surface area (Å²) in [6.07, 6.45) is 0. The summed E-state index contributed by atoms with van der Waals surface area (Å²) >= 11 is 0. The van der Waals surface area contributed by atoms with Gasteiger partial charge in [0.2, 0.25) is 0 Å². The molecule has 0 spiro atoms. The SMILES string of the molecule is COCCOc1ccc(CNc2ccccc2F)cc1. The van der Waals surface area contributed by atoms with Crippen LogP contribution in [-0.2, 0) is 11.3 Å². The molecule has 0 amide bonds. The number of nitrogens with one attached hydrogen (secondary N) is 1. The maximum Gasteiger partial charge on any atom is 0.146 e. The van der Waals surface area contributed by atoms with Crippen molar-refractivity contribution < 1.29 is 13.9 Å². The van der Waals surface area contributed by atoms with Crippen LogP contribution in [0.1, 0.15) is 5.56 Å². The van der Waals surface area contributed by atoms with Crippen LogP contribution in [0.4, 0.5) is 10.1 Å². The summed E-state index contributed by atoms with van der Waals surface area (Å²) in [5, 5.41) is 3.07. The number of ether oxygens (including phenoxy) is 2. The highest BCUT2D eigenvalue weighted by Crippen LogP contribution is 2.16. The Labute approximate surface area is 118 Å². The van der Waals surface area contributed by atoms with Crippen LogP contribution in [0.25, 0.3) is 0 Å². The van der Waals surface area contributed by atoms with Crippen LogP contribution in [0.3, 0.4) is 0 Å². The number of methoxy groups -OCH3 is 1. The molecule has 0 radical (unpaired) electrons. The third-order valence-corrected chi connectivity index (χ3v) is 2.84. The van der Waals surface area contributed by atoms with E-state index < -0.39 is 0 Å². The van der Waals surface area contributed by atoms with Gasteiger partial charge >= 0.3 is 0 Å². The molecule has 3 nitrogen and oxygen atoms in total. The maximum atomic E-state index is 13.4. The predicted octanol–water partition coefficient (Wildman–Crippen LogP) is 3.46. The number of anilines is 1. The Morgan fingerprint density at radius 1 is 1.00 bits per heavy atom. The molecule has 2 aromatic rings. The van der Waals surface area contributed by atoms with E-state index >= 15 is 0 Å². The van der Waals surface area contributed by atoms with Crippen molar-refractivity contribution in [3.05, 3.63) is 59.9 Å². The molecule has 106 valence electrons. The minimum atomic E-state index is -0.244. The topological polar surface area (TPSA) is 30.5 Å². The molecule has 0 aliphatic rings. The van der Waals surface area contributed by atoms with E-state index in [1.165, 1.54) is 6.07 Å². The van der Waals surface area contributed by atoms with Gasteiger partial charge in [-0.15, -0.1) is 0 Å². The number of rotatable bonds is 7. The monoisotopic (exact) mass is 275 g/mol. The summed E-state index contributed by atoms with van der Waals surface area (Å²) in [7, 11) is 1.64. The number of para-hydroxylation sites is 1. The summed E-state index contributed by atoms with van der Waals surface area (Å²) in [5.41, 5.74) is 1.57. The van der Waals surface area contributed by atoms with Crippen molar-refractivity contribution in [2.45, 2.75) is 6.54 Å². The van der Waals surface area contributed by atoms with Crippen LogP contribution in [0.5, 0.6) is 5.75 Å². The van der Waals surface area contributed by atoms with Crippen molar-refractivity contribution in [2.75, 3.05) is 25.6 Å². The Kier molecular flexibility index (Phi) is 5.38. The molecular weight excluding hydrogens is 257 g/mol. The first-order chi connectivity index (χ1) is 9.79. The molecule has 0 saturated carbocycles. The molecule has 2 aromatic carbocycles. The third kappa shape index (κ3) is 4.24. The van der Waals surface area contributed by atoms with E-state index in [0.29, 0.717) is 25.4 Å². The number of benzene rings is 2. The number of hydrogen-bond donors (Lipinski definition) is 1. The van der Waals surface area contributed by atoms with E-state index in [4.69, 9.17) is 9.47 Å². The highest BCUT2D eigenvalue weighted by atomic mass is 19.1. The molecule has 0 aromatic heterocycles. The molecule has 2 rings (SSSR count). The van der Waals surface area contributed by atoms with Gasteiger partial charge in [0.1, 0.15) is 18.2 Å². The van der Waals surface area contributed by atoms with Gasteiger partial charge in [0, 0.05) is 13.7 Å². The minimum Gasteiger partial charge on any atom is -0.491 e. The van der Waals surface area contributed by atoms with Gasteiger partial charge in [0.15, 0.2) is 0 Å². The third-order valence-electron chi connectivity index (χ3n) is 2.84. The van der Waals surface area contributed by atoms with E-state index in [2.05, 4.69) is 5.32 Å². The quantitative estimate of drug-likeness (QED) is 0.785. The van der Waals surface area contributed by atoms with Crippen molar-refractivity contribution in [3.63, 3.8) is 0 Å². The molecule has 0 fully saturated rings. The van der Waals surface area contributed by atoms with Gasteiger partial charge in [-0.1, -0.05) is 24.3 Å². The molecule has 0 aliphatic carbocycles. The van der Waals surface area contributed by atoms with Crippen molar-refractivity contribution in [3.8, 4) is 5.75 Å². The summed E-state index contributed by atoms with van der Waals surface area (Å²) in [6.45, 7) is 1.67. The van der Waals surface area contributed by atoms with Gasteiger partial charge in [-0.3, -0.25) is 0 Å². The lowest BCUT2D eigenvalue weighted by atomic mass is 10.2. The fraction of sp³-hybridized carbons (Fsp3) is 0.250. The first kappa shape index (κ1) is 14.3. The van der Waals surface area contributed by atoms with Crippen LogP contribution >= 0.6 is 0 Å². The van der Waals surface area contributed by atoms with Gasteiger partial charge < -0.3 is 14.8 Å². The summed E-state index contributed by atoms with van der Waals surface area (Å²) < 4.78 is 23.8. The second kappa shape index (κ2) is 7.50. The van der Waals surface area contributed by atoms with Crippen LogP contribution in [0.2, 0.25) is 0 Å². The largest absolute Gasteiger partial charge is 0.491 e. The predicted molar refractivity (Wildman–Crippen MR) is 77.5 cm³/mol. The Hall–Kier alpha value is -2.07. The second-order valence-electron chi connectivity index (χ2n) is 4.32. The highest BCUT2D eigenvalue weighted by molar-refractivity contribution is 5.45. The first-order valence-electron chi connectivity index (χ1n) is 6.48. The van der Waals surface area contributed by atoms with E-state index in [-0.39, 0.29) is 5.82 Å². The standard InChI is InChI=1S/C16H18FNO2/c1-19-10-11-20-14-8-6-13(7-9-14)12-18-16-5-3-2-4-15(16)17/h2-9,18H,10-12H2,1H3. The number of halogens is 1. The summed E-state index contributed by atoms with van der Waals surface area (Å²) in [5.74, 6) is 0.559. The normalized spacial score (nSPS) is 10.3. The average Bonchev–Trinajstić information content (AvgIpc) is 2.48. The Morgan fingerprint density at radius 3 is 2.45 bits per heavy atom. The van der Waals surface area contributed by atoms with E-state index in [1.54, 1.807) is 25.3 Å². The van der Waals surface area contributed by atoms with Gasteiger partial charge in [-0.25, -0.2) is 4.39 Å². The lowest BCUT2D eigenvalue weighted by Crippen LogP contribution is -2.04. The Morgan fingerprint density at radius 2 is 1.75 bits per heavy atom. The van der Waals surface area contributed by atoms with Gasteiger partial charge in [-0.05, 0) is 29.8 Å². The van der Waals surface area contributed by atoms with E-state index in [1.807, 2.05) is 24.3 Å². The average molecular weight is 275 g/mol. The van der Waals surface area contributed by atoms with E-state index in [9.17, 15) is 4.39 Å². The Bertz CT molecular complexity index is 528. The molecule has 0 aliphatic heterocycles. The highest BCUT2D eigenvalue weighted by Gasteiger charge is 2.00. The lowest BCUT2D eigenvalue weighted by Gasteiger charge is -2.09. The summed E-state index contributed by atoms with van der Waals surface area (Å²) in [4.78, 5) is 0. The van der Waals surface area contributed by atoms with Gasteiger partial charge in [0.05, 0.1) is 12.3 Å². The van der Waals surface area contributed by atoms with Crippen LogP contribution in [0.15, 0.2) is 48.5 Å². The molecular formula is C16H18FNO2. The molecule has 0 bridgehead atoms. The summed E-state index contributed by atoms with van der Waals surface area (Å²) in [6, 6.07) is 14.3. The fourth-order valence-corrected chi connectivity index (χ4v) is 1.75. The maximum absolute atomic E-state index is 13.4. The van der Waals surface area contributed by atoms with Crippen molar-refractivity contribution in [1.82, 2.24) is 0 Å². The van der Waals surface area contributed by atoms with Crippen molar-refractivity contribution in [2.24, 2.45) is 0 Å². The minimum absolute atomic E-state index is 0.244. The second-order valence-corrected chi connectivity index (χ2v) is 4.32. The zero-order valence-corrected chi connectivity index (χ0v) is 11.4. The Balaban J connectivity index is 1.86. The molecule has 20 heavy (non-hydrogen) atoms. The van der Waals surface area contributed by atoms with Crippen molar-refractivity contribution in [1.29, 1.82) is 0 Å². The zero-order valence-electron chi connectivity index (χ0n) is 11.4. The molecule has 0 unspecified atom stereocenters. The number of hydrogen-bond acceptors (Lipinski definition) is 3. The molecule has 0 saturated heterocycles. The molecule has 1 N–H and O–H groups in total. The van der Waals surface area contributed by atoms with Gasteiger partial charge in [0.25, 0.3) is 0 Å². The van der Waals surface area contributed by atoms with Crippen LogP contribution < -0.4 is 10.1 Å². The zero-order chi connectivity index (χ0) is 14.2. The van der Waals surface area contributed by atoms with Crippen LogP contribution in [0, 0.1) is 5.82 Å². The molecule has 0 atom stereocenters. The first-order valence-corrected chi connectivity index (χ1v) is 6.48. The van der Waals surface area contributed by atoms with E-state index in [0.717, 1.165) is 11.3 Å². The van der Waals surface area contributed by atoms with Crippen molar-refractivity contribution >= 4 is 5.69 Å². The lowest BCUT2D eigenvalue weighted by molar-refractivity contribution is 0.146. The molecule has 4 heteroatoms. The van der Waals surface area contributed by atoms with Crippen LogP contribution in [-0.4, -0.2) is 20.3 Å².